The van der Waals surface area contributed by atoms with E-state index >= 15 is 0 Å². The molecule has 0 aromatic rings. The number of ketones is 1. The van der Waals surface area contributed by atoms with Gasteiger partial charge in [-0.15, -0.1) is 0 Å². The van der Waals surface area contributed by atoms with Crippen LogP contribution in [0.25, 0.3) is 0 Å². The van der Waals surface area contributed by atoms with Gasteiger partial charge in [0, 0.05) is 17.9 Å². The maximum Gasteiger partial charge on any atom is 0.166 e. The van der Waals surface area contributed by atoms with Gasteiger partial charge in [-0.3, -0.25) is 4.79 Å². The quantitative estimate of drug-likeness (QED) is 0.776. The van der Waals surface area contributed by atoms with E-state index in [0.29, 0.717) is 6.42 Å². The molecule has 0 amide bonds. The highest BCUT2D eigenvalue weighted by Crippen LogP contribution is 2.29. The molecule has 0 aliphatic heterocycles. The van der Waals surface area contributed by atoms with Crippen molar-refractivity contribution in [2.45, 2.75) is 54.1 Å². The maximum atomic E-state index is 11.9. The van der Waals surface area contributed by atoms with Crippen molar-refractivity contribution in [1.82, 2.24) is 0 Å². The Morgan fingerprint density at radius 2 is 1.56 bits per heavy atom. The molecule has 0 aromatic carbocycles. The van der Waals surface area contributed by atoms with Crippen LogP contribution < -0.4 is 0 Å². The molecule has 3 heteroatoms. The van der Waals surface area contributed by atoms with E-state index in [1.165, 1.54) is 0 Å². The number of Topliss-reactive ketones (excluding diaryl/α,β-unsaturated/α-hetero) is 1. The van der Waals surface area contributed by atoms with Gasteiger partial charge >= 0.3 is 0 Å². The van der Waals surface area contributed by atoms with Gasteiger partial charge in [-0.25, -0.2) is 0 Å². The van der Waals surface area contributed by atoms with Crippen molar-refractivity contribution >= 4 is 5.78 Å². The number of carbonyl (C=O) groups is 1. The van der Waals surface area contributed by atoms with Crippen molar-refractivity contribution in [2.24, 2.45) is 16.7 Å². The lowest BCUT2D eigenvalue weighted by atomic mass is 9.77. The van der Waals surface area contributed by atoms with Gasteiger partial charge in [-0.05, 0) is 11.8 Å². The van der Waals surface area contributed by atoms with E-state index in [-0.39, 0.29) is 23.7 Å². The second kappa shape index (κ2) is 5.28. The fourth-order valence-electron chi connectivity index (χ4n) is 1.72. The SMILES string of the molecule is CC(C)(C)C[C@@H](CO)[C@H](O)C(=O)C(C)(C)C. The lowest BCUT2D eigenvalue weighted by Gasteiger charge is -2.30. The minimum atomic E-state index is -1.07. The molecule has 0 heterocycles. The lowest BCUT2D eigenvalue weighted by molar-refractivity contribution is -0.139. The van der Waals surface area contributed by atoms with Gasteiger partial charge in [0.25, 0.3) is 0 Å². The van der Waals surface area contributed by atoms with Gasteiger partial charge in [0.05, 0.1) is 0 Å². The van der Waals surface area contributed by atoms with Crippen LogP contribution in [0.3, 0.4) is 0 Å². The Morgan fingerprint density at radius 3 is 1.81 bits per heavy atom. The summed E-state index contributed by atoms with van der Waals surface area (Å²) in [5, 5.41) is 19.2. The first-order valence-electron chi connectivity index (χ1n) is 5.82. The predicted octanol–water partition coefficient (Wildman–Crippen LogP) is 2.01. The second-order valence-corrected chi connectivity index (χ2v) is 6.77. The lowest BCUT2D eigenvalue weighted by Crippen LogP contribution is -2.40. The first-order chi connectivity index (χ1) is 6.99. The largest absolute Gasteiger partial charge is 0.396 e. The number of aliphatic hydroxyl groups excluding tert-OH is 2. The van der Waals surface area contributed by atoms with Gasteiger partial charge in [-0.1, -0.05) is 41.5 Å². The third-order valence-electron chi connectivity index (χ3n) is 2.56. The number of hydrogen-bond donors (Lipinski definition) is 2. The molecule has 0 bridgehead atoms. The number of aliphatic hydroxyl groups is 2. The van der Waals surface area contributed by atoms with Crippen LogP contribution in [0, 0.1) is 16.7 Å². The zero-order valence-electron chi connectivity index (χ0n) is 11.4. The molecule has 0 unspecified atom stereocenters. The van der Waals surface area contributed by atoms with Crippen molar-refractivity contribution in [2.75, 3.05) is 6.61 Å². The van der Waals surface area contributed by atoms with Crippen LogP contribution in [-0.2, 0) is 4.79 Å². The van der Waals surface area contributed by atoms with Crippen LogP contribution in [0.15, 0.2) is 0 Å². The van der Waals surface area contributed by atoms with Crippen molar-refractivity contribution in [1.29, 1.82) is 0 Å². The first-order valence-corrected chi connectivity index (χ1v) is 5.82. The Bertz CT molecular complexity index is 233. The molecule has 0 radical (unpaired) electrons. The molecule has 0 saturated carbocycles. The Kier molecular flexibility index (Phi) is 5.15. The van der Waals surface area contributed by atoms with Crippen LogP contribution in [-0.4, -0.2) is 28.7 Å². The summed E-state index contributed by atoms with van der Waals surface area (Å²) in [4.78, 5) is 11.9. The molecule has 0 saturated heterocycles. The van der Waals surface area contributed by atoms with E-state index in [1.54, 1.807) is 20.8 Å². The fourth-order valence-corrected chi connectivity index (χ4v) is 1.72. The fraction of sp³-hybridized carbons (Fsp3) is 0.923. The minimum absolute atomic E-state index is 0.00740. The van der Waals surface area contributed by atoms with E-state index in [0.717, 1.165) is 0 Å². The summed E-state index contributed by atoms with van der Waals surface area (Å²) >= 11 is 0. The molecule has 96 valence electrons. The molecule has 16 heavy (non-hydrogen) atoms. The van der Waals surface area contributed by atoms with E-state index in [1.807, 2.05) is 20.8 Å². The Hall–Kier alpha value is -0.410. The molecule has 0 aliphatic carbocycles. The van der Waals surface area contributed by atoms with Crippen molar-refractivity contribution in [3.8, 4) is 0 Å². The Labute approximate surface area is 98.9 Å². The van der Waals surface area contributed by atoms with Crippen LogP contribution in [0.1, 0.15) is 48.0 Å². The average molecular weight is 230 g/mol. The molecule has 0 fully saturated rings. The monoisotopic (exact) mass is 230 g/mol. The molecule has 0 spiro atoms. The highest BCUT2D eigenvalue weighted by atomic mass is 16.3. The van der Waals surface area contributed by atoms with Crippen LogP contribution in [0.4, 0.5) is 0 Å². The normalized spacial score (nSPS) is 17.0. The summed E-state index contributed by atoms with van der Waals surface area (Å²) in [6, 6.07) is 0. The topological polar surface area (TPSA) is 57.5 Å². The van der Waals surface area contributed by atoms with Crippen LogP contribution in [0.5, 0.6) is 0 Å². The number of carbonyl (C=O) groups excluding carboxylic acids is 1. The summed E-state index contributed by atoms with van der Waals surface area (Å²) in [7, 11) is 0. The summed E-state index contributed by atoms with van der Waals surface area (Å²) in [5.41, 5.74) is -0.572. The predicted molar refractivity (Wildman–Crippen MR) is 65.1 cm³/mol. The summed E-state index contributed by atoms with van der Waals surface area (Å²) in [6.07, 6.45) is -0.434. The molecule has 2 N–H and O–H groups in total. The Balaban J connectivity index is 4.67. The van der Waals surface area contributed by atoms with E-state index in [2.05, 4.69) is 0 Å². The van der Waals surface area contributed by atoms with Gasteiger partial charge in [0.1, 0.15) is 6.10 Å². The zero-order valence-corrected chi connectivity index (χ0v) is 11.4. The second-order valence-electron chi connectivity index (χ2n) is 6.77. The Morgan fingerprint density at radius 1 is 1.12 bits per heavy atom. The highest BCUT2D eigenvalue weighted by Gasteiger charge is 2.35. The van der Waals surface area contributed by atoms with Gasteiger partial charge in [-0.2, -0.15) is 0 Å². The molecule has 0 aliphatic rings. The summed E-state index contributed by atoms with van der Waals surface area (Å²) < 4.78 is 0. The van der Waals surface area contributed by atoms with Crippen molar-refractivity contribution < 1.29 is 15.0 Å². The van der Waals surface area contributed by atoms with E-state index < -0.39 is 11.5 Å². The van der Waals surface area contributed by atoms with Crippen molar-refractivity contribution in [3.05, 3.63) is 0 Å². The highest BCUT2D eigenvalue weighted by molar-refractivity contribution is 5.87. The van der Waals surface area contributed by atoms with Crippen LogP contribution >= 0.6 is 0 Å². The standard InChI is InChI=1S/C13H26O3/c1-12(2,3)7-9(8-14)10(15)11(16)13(4,5)6/h9-10,14-15H,7-8H2,1-6H3/t9-,10-/m0/s1. The summed E-state index contributed by atoms with van der Waals surface area (Å²) in [6.45, 7) is 11.3. The molecule has 0 rings (SSSR count). The van der Waals surface area contributed by atoms with Crippen molar-refractivity contribution in [3.63, 3.8) is 0 Å². The third-order valence-corrected chi connectivity index (χ3v) is 2.56. The molecular weight excluding hydrogens is 204 g/mol. The van der Waals surface area contributed by atoms with Gasteiger partial charge in [0.15, 0.2) is 5.78 Å². The zero-order chi connectivity index (χ0) is 13.1. The smallest absolute Gasteiger partial charge is 0.166 e. The average Bonchev–Trinajstić information content (AvgIpc) is 2.08. The van der Waals surface area contributed by atoms with Gasteiger partial charge < -0.3 is 10.2 Å². The van der Waals surface area contributed by atoms with Gasteiger partial charge in [0.2, 0.25) is 0 Å². The minimum Gasteiger partial charge on any atom is -0.396 e. The number of rotatable bonds is 4. The summed E-state index contributed by atoms with van der Waals surface area (Å²) in [5.74, 6) is -0.567. The first kappa shape index (κ1) is 15.6. The maximum absolute atomic E-state index is 11.9. The third kappa shape index (κ3) is 5.08. The molecular formula is C13H26O3. The molecule has 2 atom stereocenters. The molecule has 0 aromatic heterocycles. The molecule has 3 nitrogen and oxygen atoms in total. The number of hydrogen-bond acceptors (Lipinski definition) is 3. The van der Waals surface area contributed by atoms with Crippen LogP contribution in [0.2, 0.25) is 0 Å². The van der Waals surface area contributed by atoms with E-state index in [9.17, 15) is 15.0 Å². The van der Waals surface area contributed by atoms with E-state index in [4.69, 9.17) is 0 Å².